The van der Waals surface area contributed by atoms with E-state index in [0.29, 0.717) is 24.6 Å². The number of imidazole rings is 1. The maximum atomic E-state index is 13.8. The van der Waals surface area contributed by atoms with E-state index in [0.717, 1.165) is 24.0 Å². The van der Waals surface area contributed by atoms with Crippen LogP contribution >= 0.6 is 24.8 Å². The fraction of sp³-hybridized carbons (Fsp3) is 0.314. The Bertz CT molecular complexity index is 1610. The molecule has 0 bridgehead atoms. The summed E-state index contributed by atoms with van der Waals surface area (Å²) < 4.78 is 13.4. The van der Waals surface area contributed by atoms with Crippen LogP contribution < -0.4 is 21.1 Å². The molecule has 2 heterocycles. The molecule has 1 aliphatic rings. The van der Waals surface area contributed by atoms with E-state index in [1.165, 1.54) is 6.33 Å². The van der Waals surface area contributed by atoms with Gasteiger partial charge >= 0.3 is 0 Å². The van der Waals surface area contributed by atoms with Gasteiger partial charge in [0.1, 0.15) is 23.6 Å². The third-order valence-corrected chi connectivity index (χ3v) is 7.58. The molecular weight excluding hydrogens is 655 g/mol. The van der Waals surface area contributed by atoms with Gasteiger partial charge in [0, 0.05) is 19.3 Å². The molecule has 256 valence electrons. The molecule has 3 aromatic carbocycles. The van der Waals surface area contributed by atoms with Gasteiger partial charge in [-0.25, -0.2) is 4.98 Å². The summed E-state index contributed by atoms with van der Waals surface area (Å²) in [6.45, 7) is 4.66. The highest BCUT2D eigenvalue weighted by Gasteiger charge is 2.31. The third-order valence-electron chi connectivity index (χ3n) is 7.58. The summed E-state index contributed by atoms with van der Waals surface area (Å²) in [7, 11) is 0. The van der Waals surface area contributed by atoms with Crippen molar-refractivity contribution in [2.45, 2.75) is 50.9 Å². The normalized spacial score (nSPS) is 13.8. The molecular formula is C35H42Cl2N6O5. The summed E-state index contributed by atoms with van der Waals surface area (Å²) in [5.74, 6) is 0.490. The van der Waals surface area contributed by atoms with Gasteiger partial charge in [0.15, 0.2) is 5.82 Å². The van der Waals surface area contributed by atoms with Crippen LogP contribution in [0.25, 0.3) is 0 Å². The highest BCUT2D eigenvalue weighted by molar-refractivity contribution is 5.98. The average molecular weight is 698 g/mol. The minimum absolute atomic E-state index is 0. The van der Waals surface area contributed by atoms with Gasteiger partial charge in [-0.05, 0) is 62.1 Å². The summed E-state index contributed by atoms with van der Waals surface area (Å²) in [5.41, 5.74) is 6.45. The van der Waals surface area contributed by atoms with E-state index in [4.69, 9.17) is 15.2 Å². The minimum atomic E-state index is -1.20. The number of aromatic nitrogens is 2. The number of likely N-dealkylation sites (tertiary alicyclic amines) is 1. The Labute approximate surface area is 293 Å². The molecule has 1 unspecified atom stereocenters. The molecule has 13 heteroatoms. The summed E-state index contributed by atoms with van der Waals surface area (Å²) in [4.78, 5) is 46.1. The number of carbonyl (C=O) groups excluding carboxylic acids is 3. The number of halogens is 2. The monoisotopic (exact) mass is 696 g/mol. The van der Waals surface area contributed by atoms with Crippen LogP contribution in [0, 0.1) is 0 Å². The quantitative estimate of drug-likeness (QED) is 0.177. The van der Waals surface area contributed by atoms with Crippen molar-refractivity contribution >= 4 is 48.4 Å². The highest BCUT2D eigenvalue weighted by Crippen LogP contribution is 2.28. The van der Waals surface area contributed by atoms with Crippen LogP contribution in [-0.2, 0) is 25.7 Å². The number of rotatable bonds is 13. The Morgan fingerprint density at radius 2 is 1.50 bits per heavy atom. The van der Waals surface area contributed by atoms with Crippen molar-refractivity contribution in [3.8, 4) is 11.5 Å². The van der Waals surface area contributed by atoms with E-state index < -0.39 is 29.4 Å². The molecule has 2 atom stereocenters. The van der Waals surface area contributed by atoms with E-state index in [1.54, 1.807) is 24.6 Å². The number of amides is 3. The summed E-state index contributed by atoms with van der Waals surface area (Å²) >= 11 is 0. The van der Waals surface area contributed by atoms with Crippen molar-refractivity contribution < 1.29 is 23.9 Å². The standard InChI is InChI=1S/C35H40N6O5.2ClH/c1-35(2,36)34(44)38-29(23-45-22-25-11-5-3-6-12-25)32(42)39-30-21-41(24-37-30)31(33(43)40-19-9-10-20-40)26-15-17-28(18-16-26)46-27-13-7-4-8-14-27;;/h3-8,11-18,21,24,29,31H,9-10,19-20,22-23,36H2,1-2H3,(H,38,44)(H,39,42);2*1H/t29-,31?;;/m1../s1. The largest absolute Gasteiger partial charge is 0.457 e. The first kappa shape index (κ1) is 38.0. The molecule has 0 spiro atoms. The van der Waals surface area contributed by atoms with Crippen LogP contribution in [-0.4, -0.2) is 63.4 Å². The lowest BCUT2D eigenvalue weighted by Crippen LogP contribution is -2.56. The number of nitrogens with two attached hydrogens (primary N) is 1. The zero-order valence-electron chi connectivity index (χ0n) is 26.9. The first-order chi connectivity index (χ1) is 22.2. The lowest BCUT2D eigenvalue weighted by atomic mass is 10.1. The number of hydrogen-bond acceptors (Lipinski definition) is 7. The van der Waals surface area contributed by atoms with Crippen LogP contribution in [0.2, 0.25) is 0 Å². The van der Waals surface area contributed by atoms with E-state index in [1.807, 2.05) is 89.8 Å². The molecule has 1 saturated heterocycles. The van der Waals surface area contributed by atoms with Crippen molar-refractivity contribution in [2.75, 3.05) is 25.0 Å². The molecule has 4 N–H and O–H groups in total. The molecule has 0 saturated carbocycles. The lowest BCUT2D eigenvalue weighted by molar-refractivity contribution is -0.132. The van der Waals surface area contributed by atoms with Gasteiger partial charge in [-0.2, -0.15) is 0 Å². The Hall–Kier alpha value is -4.42. The maximum Gasteiger partial charge on any atom is 0.250 e. The van der Waals surface area contributed by atoms with Crippen molar-refractivity contribution in [1.82, 2.24) is 19.8 Å². The second-order valence-corrected chi connectivity index (χ2v) is 11.9. The Morgan fingerprint density at radius 3 is 2.12 bits per heavy atom. The number of benzene rings is 3. The third kappa shape index (κ3) is 10.3. The SMILES string of the molecule is CC(C)(N)C(=O)N[C@H](COCc1ccccc1)C(=O)Nc1cn(C(C(=O)N2CCCC2)c2ccc(Oc3ccccc3)cc2)cn1.Cl.Cl. The van der Waals surface area contributed by atoms with Crippen LogP contribution in [0.3, 0.4) is 0 Å². The number of carbonyl (C=O) groups is 3. The van der Waals surface area contributed by atoms with Gasteiger partial charge in [-0.1, -0.05) is 60.7 Å². The molecule has 1 aromatic heterocycles. The second kappa shape index (κ2) is 17.7. The summed E-state index contributed by atoms with van der Waals surface area (Å²) in [5, 5.41) is 5.46. The lowest BCUT2D eigenvalue weighted by Gasteiger charge is -2.25. The Morgan fingerprint density at radius 1 is 0.896 bits per heavy atom. The number of ether oxygens (including phenoxy) is 2. The summed E-state index contributed by atoms with van der Waals surface area (Å²) in [6.07, 6.45) is 5.03. The molecule has 11 nitrogen and oxygen atoms in total. The molecule has 5 rings (SSSR count). The van der Waals surface area contributed by atoms with Crippen LogP contribution in [0.4, 0.5) is 5.82 Å². The summed E-state index contributed by atoms with van der Waals surface area (Å²) in [6, 6.07) is 24.6. The minimum Gasteiger partial charge on any atom is -0.457 e. The maximum absolute atomic E-state index is 13.8. The van der Waals surface area contributed by atoms with E-state index in [-0.39, 0.29) is 49.8 Å². The van der Waals surface area contributed by atoms with Crippen molar-refractivity contribution in [1.29, 1.82) is 0 Å². The zero-order chi connectivity index (χ0) is 32.5. The van der Waals surface area contributed by atoms with Gasteiger partial charge in [0.2, 0.25) is 11.8 Å². The Kier molecular flexibility index (Phi) is 14.0. The molecule has 1 aliphatic heterocycles. The van der Waals surface area contributed by atoms with E-state index in [9.17, 15) is 14.4 Å². The second-order valence-electron chi connectivity index (χ2n) is 11.9. The number of nitrogens with zero attached hydrogens (tertiary/aromatic N) is 3. The first-order valence-corrected chi connectivity index (χ1v) is 15.3. The van der Waals surface area contributed by atoms with Crippen molar-refractivity contribution in [3.63, 3.8) is 0 Å². The van der Waals surface area contributed by atoms with Gasteiger partial charge in [0.25, 0.3) is 5.91 Å². The molecule has 3 amide bonds. The van der Waals surface area contributed by atoms with Gasteiger partial charge in [-0.15, -0.1) is 24.8 Å². The number of hydrogen-bond donors (Lipinski definition) is 3. The molecule has 0 aliphatic carbocycles. The van der Waals surface area contributed by atoms with Crippen molar-refractivity contribution in [2.24, 2.45) is 5.73 Å². The van der Waals surface area contributed by atoms with Gasteiger partial charge in [0.05, 0.1) is 25.1 Å². The predicted molar refractivity (Wildman–Crippen MR) is 189 cm³/mol. The molecule has 48 heavy (non-hydrogen) atoms. The fourth-order valence-electron chi connectivity index (χ4n) is 5.05. The smallest absolute Gasteiger partial charge is 0.250 e. The van der Waals surface area contributed by atoms with E-state index >= 15 is 0 Å². The predicted octanol–water partition coefficient (Wildman–Crippen LogP) is 5.11. The van der Waals surface area contributed by atoms with Crippen LogP contribution in [0.1, 0.15) is 43.9 Å². The molecule has 1 fully saturated rings. The van der Waals surface area contributed by atoms with Gasteiger partial charge in [-0.3, -0.25) is 14.4 Å². The molecule has 0 radical (unpaired) electrons. The first-order valence-electron chi connectivity index (χ1n) is 15.3. The fourth-order valence-corrected chi connectivity index (χ4v) is 5.05. The topological polar surface area (TPSA) is 141 Å². The van der Waals surface area contributed by atoms with Crippen molar-refractivity contribution in [3.05, 3.63) is 109 Å². The van der Waals surface area contributed by atoms with Crippen LogP contribution in [0.15, 0.2) is 97.5 Å². The number of para-hydroxylation sites is 1. The number of anilines is 1. The van der Waals surface area contributed by atoms with Gasteiger partial charge < -0.3 is 35.3 Å². The highest BCUT2D eigenvalue weighted by atomic mass is 35.5. The number of nitrogens with one attached hydrogen (secondary N) is 2. The Balaban J connectivity index is 0.00000312. The van der Waals surface area contributed by atoms with E-state index in [2.05, 4.69) is 15.6 Å². The molecule has 4 aromatic rings. The van der Waals surface area contributed by atoms with Crippen LogP contribution in [0.5, 0.6) is 11.5 Å². The average Bonchev–Trinajstić information content (AvgIpc) is 3.75. The zero-order valence-corrected chi connectivity index (χ0v) is 28.5.